The van der Waals surface area contributed by atoms with Gasteiger partial charge in [-0.05, 0) is 31.5 Å². The zero-order valence-electron chi connectivity index (χ0n) is 11.4. The molecule has 0 amide bonds. The molecule has 0 saturated carbocycles. The molecule has 0 spiro atoms. The van der Waals surface area contributed by atoms with E-state index in [2.05, 4.69) is 31.3 Å². The molecule has 3 heteroatoms. The second-order valence-corrected chi connectivity index (χ2v) is 4.63. The van der Waals surface area contributed by atoms with Gasteiger partial charge in [-0.2, -0.15) is 0 Å². The number of hydrogen-bond acceptors (Lipinski definition) is 3. The summed E-state index contributed by atoms with van der Waals surface area (Å²) in [7, 11) is 0. The van der Waals surface area contributed by atoms with Crippen LogP contribution in [0.15, 0.2) is 42.5 Å². The predicted molar refractivity (Wildman–Crippen MR) is 81.1 cm³/mol. The summed E-state index contributed by atoms with van der Waals surface area (Å²) in [5.41, 5.74) is 9.81. The number of aryl methyl sites for hydroxylation is 1. The fourth-order valence-electron chi connectivity index (χ4n) is 1.80. The highest BCUT2D eigenvalue weighted by atomic mass is 16.5. The molecule has 0 radical (unpaired) electrons. The number of nitrogen functional groups attached to an aromatic ring is 1. The van der Waals surface area contributed by atoms with Gasteiger partial charge in [0.15, 0.2) is 0 Å². The van der Waals surface area contributed by atoms with Gasteiger partial charge >= 0.3 is 0 Å². The van der Waals surface area contributed by atoms with E-state index in [0.717, 1.165) is 23.5 Å². The van der Waals surface area contributed by atoms with E-state index in [4.69, 9.17) is 10.5 Å². The van der Waals surface area contributed by atoms with Crippen molar-refractivity contribution >= 4 is 17.1 Å². The van der Waals surface area contributed by atoms with E-state index in [-0.39, 0.29) is 0 Å². The van der Waals surface area contributed by atoms with Crippen LogP contribution in [0.1, 0.15) is 18.9 Å². The summed E-state index contributed by atoms with van der Waals surface area (Å²) >= 11 is 0. The lowest BCUT2D eigenvalue weighted by Crippen LogP contribution is -1.98. The number of nitrogens with one attached hydrogen (secondary N) is 1. The molecule has 0 aliphatic carbocycles. The molecule has 2 rings (SSSR count). The average Bonchev–Trinajstić information content (AvgIpc) is 2.38. The summed E-state index contributed by atoms with van der Waals surface area (Å²) < 4.78 is 5.61. The van der Waals surface area contributed by atoms with Gasteiger partial charge in [0.1, 0.15) is 5.75 Å². The summed E-state index contributed by atoms with van der Waals surface area (Å²) in [4.78, 5) is 0. The minimum absolute atomic E-state index is 0.697. The quantitative estimate of drug-likeness (QED) is 0.791. The highest BCUT2D eigenvalue weighted by Crippen LogP contribution is 2.25. The van der Waals surface area contributed by atoms with E-state index < -0.39 is 0 Å². The molecule has 100 valence electrons. The van der Waals surface area contributed by atoms with Crippen LogP contribution >= 0.6 is 0 Å². The molecule has 0 unspecified atom stereocenters. The minimum atomic E-state index is 0.697. The van der Waals surface area contributed by atoms with E-state index >= 15 is 0 Å². The maximum Gasteiger partial charge on any atom is 0.123 e. The second kappa shape index (κ2) is 6.14. The highest BCUT2D eigenvalue weighted by molar-refractivity contribution is 5.66. The standard InChI is InChI=1S/C16H20N2O/c1-3-8-19-16-10-13(17)9-15(11-16)18-14-6-4-12(2)5-7-14/h4-7,9-11,18H,3,8,17H2,1-2H3. The van der Waals surface area contributed by atoms with E-state index in [1.807, 2.05) is 30.3 Å². The molecule has 0 fully saturated rings. The van der Waals surface area contributed by atoms with Crippen molar-refractivity contribution in [3.63, 3.8) is 0 Å². The summed E-state index contributed by atoms with van der Waals surface area (Å²) in [6, 6.07) is 13.9. The molecule has 0 aliphatic rings. The molecular formula is C16H20N2O. The fourth-order valence-corrected chi connectivity index (χ4v) is 1.80. The van der Waals surface area contributed by atoms with Crippen LogP contribution in [-0.4, -0.2) is 6.61 Å². The molecular weight excluding hydrogens is 236 g/mol. The first-order valence-electron chi connectivity index (χ1n) is 6.54. The zero-order chi connectivity index (χ0) is 13.7. The number of ether oxygens (including phenoxy) is 1. The van der Waals surface area contributed by atoms with Crippen LogP contribution in [0.3, 0.4) is 0 Å². The van der Waals surface area contributed by atoms with Crippen LogP contribution < -0.4 is 15.8 Å². The second-order valence-electron chi connectivity index (χ2n) is 4.63. The van der Waals surface area contributed by atoms with Crippen molar-refractivity contribution in [2.45, 2.75) is 20.3 Å². The Balaban J connectivity index is 2.15. The molecule has 3 N–H and O–H groups in total. The fraction of sp³-hybridized carbons (Fsp3) is 0.250. The van der Waals surface area contributed by atoms with Crippen LogP contribution in [-0.2, 0) is 0 Å². The van der Waals surface area contributed by atoms with Gasteiger partial charge in [-0.3, -0.25) is 0 Å². The molecule has 2 aromatic carbocycles. The highest BCUT2D eigenvalue weighted by Gasteiger charge is 2.01. The number of rotatable bonds is 5. The van der Waals surface area contributed by atoms with Gasteiger partial charge < -0.3 is 15.8 Å². The molecule has 19 heavy (non-hydrogen) atoms. The Kier molecular flexibility index (Phi) is 4.29. The van der Waals surface area contributed by atoms with E-state index in [1.54, 1.807) is 0 Å². The Hall–Kier alpha value is -2.16. The summed E-state index contributed by atoms with van der Waals surface area (Å²) in [6.07, 6.45) is 0.982. The van der Waals surface area contributed by atoms with Crippen molar-refractivity contribution in [2.24, 2.45) is 0 Å². The van der Waals surface area contributed by atoms with Gasteiger partial charge in [0, 0.05) is 29.2 Å². The number of anilines is 3. The van der Waals surface area contributed by atoms with Gasteiger partial charge in [-0.1, -0.05) is 24.6 Å². The van der Waals surface area contributed by atoms with E-state index in [9.17, 15) is 0 Å². The third-order valence-corrected chi connectivity index (χ3v) is 2.74. The van der Waals surface area contributed by atoms with Crippen LogP contribution in [0.4, 0.5) is 17.1 Å². The lowest BCUT2D eigenvalue weighted by Gasteiger charge is -2.11. The first kappa shape index (κ1) is 13.3. The summed E-state index contributed by atoms with van der Waals surface area (Å²) in [6.45, 7) is 4.85. The first-order chi connectivity index (χ1) is 9.17. The third kappa shape index (κ3) is 3.91. The molecule has 2 aromatic rings. The molecule has 0 aliphatic heterocycles. The number of hydrogen-bond donors (Lipinski definition) is 2. The smallest absolute Gasteiger partial charge is 0.123 e. The van der Waals surface area contributed by atoms with E-state index in [0.29, 0.717) is 12.3 Å². The largest absolute Gasteiger partial charge is 0.493 e. The zero-order valence-corrected chi connectivity index (χ0v) is 11.4. The van der Waals surface area contributed by atoms with Crippen molar-refractivity contribution in [1.82, 2.24) is 0 Å². The van der Waals surface area contributed by atoms with Crippen LogP contribution in [0.5, 0.6) is 5.75 Å². The summed E-state index contributed by atoms with van der Waals surface area (Å²) in [5, 5.41) is 3.33. The van der Waals surface area contributed by atoms with Gasteiger partial charge in [-0.25, -0.2) is 0 Å². The van der Waals surface area contributed by atoms with Crippen LogP contribution in [0.25, 0.3) is 0 Å². The maximum atomic E-state index is 5.89. The van der Waals surface area contributed by atoms with Gasteiger partial charge in [0.2, 0.25) is 0 Å². The lowest BCUT2D eigenvalue weighted by atomic mass is 10.2. The SMILES string of the molecule is CCCOc1cc(N)cc(Nc2ccc(C)cc2)c1. The van der Waals surface area contributed by atoms with Crippen LogP contribution in [0.2, 0.25) is 0 Å². The number of benzene rings is 2. The summed E-state index contributed by atoms with van der Waals surface area (Å²) in [5.74, 6) is 0.802. The van der Waals surface area contributed by atoms with Crippen molar-refractivity contribution in [2.75, 3.05) is 17.7 Å². The monoisotopic (exact) mass is 256 g/mol. The Bertz CT molecular complexity index is 535. The third-order valence-electron chi connectivity index (χ3n) is 2.74. The molecule has 0 saturated heterocycles. The Morgan fingerprint density at radius 1 is 1.05 bits per heavy atom. The first-order valence-corrected chi connectivity index (χ1v) is 6.54. The van der Waals surface area contributed by atoms with Gasteiger partial charge in [-0.15, -0.1) is 0 Å². The number of nitrogens with two attached hydrogens (primary N) is 1. The molecule has 3 nitrogen and oxygen atoms in total. The van der Waals surface area contributed by atoms with Crippen molar-refractivity contribution < 1.29 is 4.74 Å². The van der Waals surface area contributed by atoms with Crippen molar-refractivity contribution in [3.05, 3.63) is 48.0 Å². The minimum Gasteiger partial charge on any atom is -0.493 e. The molecule has 0 aromatic heterocycles. The lowest BCUT2D eigenvalue weighted by molar-refractivity contribution is 0.318. The van der Waals surface area contributed by atoms with Crippen LogP contribution in [0, 0.1) is 6.92 Å². The average molecular weight is 256 g/mol. The van der Waals surface area contributed by atoms with Crippen molar-refractivity contribution in [3.8, 4) is 5.75 Å². The molecule has 0 heterocycles. The molecule has 0 bridgehead atoms. The predicted octanol–water partition coefficient (Wildman–Crippen LogP) is 4.11. The maximum absolute atomic E-state index is 5.89. The Morgan fingerprint density at radius 2 is 1.79 bits per heavy atom. The van der Waals surface area contributed by atoms with E-state index in [1.165, 1.54) is 5.56 Å². The normalized spacial score (nSPS) is 10.2. The van der Waals surface area contributed by atoms with Gasteiger partial charge in [0.25, 0.3) is 0 Å². The Morgan fingerprint density at radius 3 is 2.47 bits per heavy atom. The van der Waals surface area contributed by atoms with Gasteiger partial charge in [0.05, 0.1) is 6.61 Å². The topological polar surface area (TPSA) is 47.3 Å². The Labute approximate surface area is 114 Å². The van der Waals surface area contributed by atoms with Crippen molar-refractivity contribution in [1.29, 1.82) is 0 Å². The molecule has 0 atom stereocenters.